The third kappa shape index (κ3) is 1.91. The van der Waals surface area contributed by atoms with Gasteiger partial charge in [-0.25, -0.2) is 4.52 Å². The molecule has 3 rings (SSSR count). The largest absolute Gasteiger partial charge is 0.307 e. The summed E-state index contributed by atoms with van der Waals surface area (Å²) < 4.78 is 4.37. The first kappa shape index (κ1) is 11.7. The Bertz CT molecular complexity index is 771. The van der Waals surface area contributed by atoms with Gasteiger partial charge < -0.3 is 4.57 Å². The number of hydrogen-bond acceptors (Lipinski definition) is 3. The molecule has 3 heterocycles. The van der Waals surface area contributed by atoms with Crippen LogP contribution in [0.5, 0.6) is 0 Å². The predicted molar refractivity (Wildman–Crippen MR) is 75.3 cm³/mol. The lowest BCUT2D eigenvalue weighted by Gasteiger charge is -2.04. The Morgan fingerprint density at radius 1 is 1.44 bits per heavy atom. The second kappa shape index (κ2) is 4.37. The first-order valence-corrected chi connectivity index (χ1v) is 7.10. The molecule has 6 heteroatoms. The third-order valence-corrected chi connectivity index (χ3v) is 4.64. The highest BCUT2D eigenvalue weighted by atomic mass is 79.9. The van der Waals surface area contributed by atoms with E-state index in [0.29, 0.717) is 12.1 Å². The Labute approximate surface area is 116 Å². The van der Waals surface area contributed by atoms with Gasteiger partial charge in [0.2, 0.25) is 0 Å². The van der Waals surface area contributed by atoms with E-state index in [-0.39, 0.29) is 5.56 Å². The molecule has 18 heavy (non-hydrogen) atoms. The van der Waals surface area contributed by atoms with Crippen molar-refractivity contribution in [2.75, 3.05) is 0 Å². The average Bonchev–Trinajstić information content (AvgIpc) is 2.90. The van der Waals surface area contributed by atoms with Crippen LogP contribution in [-0.2, 0) is 6.54 Å². The van der Waals surface area contributed by atoms with Crippen molar-refractivity contribution in [1.29, 1.82) is 0 Å². The molecule has 0 radical (unpaired) electrons. The molecule has 0 atom stereocenters. The monoisotopic (exact) mass is 323 g/mol. The van der Waals surface area contributed by atoms with Crippen LogP contribution >= 0.6 is 27.3 Å². The summed E-state index contributed by atoms with van der Waals surface area (Å²) in [6, 6.07) is 3.80. The van der Waals surface area contributed by atoms with Crippen molar-refractivity contribution >= 4 is 32.8 Å². The van der Waals surface area contributed by atoms with Crippen molar-refractivity contribution in [2.45, 2.75) is 13.5 Å². The molecule has 0 aliphatic rings. The molecule has 4 nitrogen and oxygen atoms in total. The minimum atomic E-state index is -0.0154. The standard InChI is InChI=1S/C12H10BrN3OS/c1-8-6-10-12(17)15(3-4-16(10)14-8)7-11-9(13)2-5-18-11/h2-6H,7H2,1H3. The van der Waals surface area contributed by atoms with Crippen LogP contribution in [0.2, 0.25) is 0 Å². The van der Waals surface area contributed by atoms with Crippen molar-refractivity contribution in [3.05, 3.63) is 55.3 Å². The molecule has 0 saturated heterocycles. The molecule has 0 spiro atoms. The second-order valence-electron chi connectivity index (χ2n) is 4.04. The Morgan fingerprint density at radius 2 is 2.28 bits per heavy atom. The van der Waals surface area contributed by atoms with Gasteiger partial charge in [0.1, 0.15) is 5.52 Å². The normalized spacial score (nSPS) is 11.2. The molecular weight excluding hydrogens is 314 g/mol. The Kier molecular flexibility index (Phi) is 2.83. The van der Waals surface area contributed by atoms with Crippen LogP contribution in [0.4, 0.5) is 0 Å². The maximum atomic E-state index is 12.3. The third-order valence-electron chi connectivity index (χ3n) is 2.73. The highest BCUT2D eigenvalue weighted by Gasteiger charge is 2.08. The van der Waals surface area contributed by atoms with Crippen LogP contribution in [-0.4, -0.2) is 14.2 Å². The highest BCUT2D eigenvalue weighted by molar-refractivity contribution is 9.10. The van der Waals surface area contributed by atoms with Crippen LogP contribution in [0.15, 0.2) is 39.2 Å². The van der Waals surface area contributed by atoms with Gasteiger partial charge >= 0.3 is 0 Å². The fraction of sp³-hybridized carbons (Fsp3) is 0.167. The van der Waals surface area contributed by atoms with E-state index < -0.39 is 0 Å². The average molecular weight is 324 g/mol. The molecule has 0 aliphatic carbocycles. The zero-order chi connectivity index (χ0) is 12.7. The zero-order valence-corrected chi connectivity index (χ0v) is 12.0. The number of halogens is 1. The summed E-state index contributed by atoms with van der Waals surface area (Å²) in [5.74, 6) is 0. The summed E-state index contributed by atoms with van der Waals surface area (Å²) in [5.41, 5.74) is 1.45. The first-order valence-electron chi connectivity index (χ1n) is 5.42. The van der Waals surface area contributed by atoms with Gasteiger partial charge in [-0.05, 0) is 40.4 Å². The molecule has 0 aliphatic heterocycles. The van der Waals surface area contributed by atoms with Crippen molar-refractivity contribution < 1.29 is 0 Å². The molecule has 0 fully saturated rings. The Balaban J connectivity index is 2.10. The van der Waals surface area contributed by atoms with Gasteiger partial charge in [-0.1, -0.05) is 0 Å². The molecule has 0 aromatic carbocycles. The van der Waals surface area contributed by atoms with E-state index in [2.05, 4.69) is 21.0 Å². The zero-order valence-electron chi connectivity index (χ0n) is 9.63. The van der Waals surface area contributed by atoms with E-state index >= 15 is 0 Å². The summed E-state index contributed by atoms with van der Waals surface area (Å²) in [6.07, 6.45) is 3.58. The van der Waals surface area contributed by atoms with E-state index in [1.807, 2.05) is 30.6 Å². The van der Waals surface area contributed by atoms with Gasteiger partial charge in [0.25, 0.3) is 5.56 Å². The van der Waals surface area contributed by atoms with Gasteiger partial charge in [-0.3, -0.25) is 4.79 Å². The van der Waals surface area contributed by atoms with Gasteiger partial charge in [-0.2, -0.15) is 5.10 Å². The van der Waals surface area contributed by atoms with E-state index in [9.17, 15) is 4.79 Å². The molecule has 92 valence electrons. The van der Waals surface area contributed by atoms with Crippen LogP contribution in [0.25, 0.3) is 5.52 Å². The predicted octanol–water partition coefficient (Wildman–Crippen LogP) is 2.68. The van der Waals surface area contributed by atoms with Crippen LogP contribution in [0, 0.1) is 6.92 Å². The number of nitrogens with zero attached hydrogens (tertiary/aromatic N) is 3. The molecule has 3 aromatic heterocycles. The van der Waals surface area contributed by atoms with Crippen molar-refractivity contribution in [1.82, 2.24) is 14.2 Å². The van der Waals surface area contributed by atoms with E-state index in [1.165, 1.54) is 0 Å². The topological polar surface area (TPSA) is 39.3 Å². The minimum absolute atomic E-state index is 0.0154. The maximum Gasteiger partial charge on any atom is 0.276 e. The summed E-state index contributed by atoms with van der Waals surface area (Å²) >= 11 is 5.11. The fourth-order valence-corrected chi connectivity index (χ4v) is 3.34. The van der Waals surface area contributed by atoms with Crippen LogP contribution in [0.3, 0.4) is 0 Å². The summed E-state index contributed by atoms with van der Waals surface area (Å²) in [5, 5.41) is 6.23. The van der Waals surface area contributed by atoms with Gasteiger partial charge in [-0.15, -0.1) is 11.3 Å². The SMILES string of the molecule is Cc1cc2c(=O)n(Cc3sccc3Br)ccn2n1. The quantitative estimate of drug-likeness (QED) is 0.727. The van der Waals surface area contributed by atoms with Crippen LogP contribution in [0.1, 0.15) is 10.6 Å². The molecular formula is C12H10BrN3OS. The Hall–Kier alpha value is -1.40. The summed E-state index contributed by atoms with van der Waals surface area (Å²) in [6.45, 7) is 2.46. The number of hydrogen-bond donors (Lipinski definition) is 0. The molecule has 0 amide bonds. The molecule has 0 unspecified atom stereocenters. The lowest BCUT2D eigenvalue weighted by atomic mass is 10.4. The highest BCUT2D eigenvalue weighted by Crippen LogP contribution is 2.23. The summed E-state index contributed by atoms with van der Waals surface area (Å²) in [4.78, 5) is 13.4. The van der Waals surface area contributed by atoms with Gasteiger partial charge in [0.15, 0.2) is 0 Å². The molecule has 0 saturated carbocycles. The summed E-state index contributed by atoms with van der Waals surface area (Å²) in [7, 11) is 0. The number of aryl methyl sites for hydroxylation is 1. The van der Waals surface area contributed by atoms with Crippen molar-refractivity contribution in [3.63, 3.8) is 0 Å². The lowest BCUT2D eigenvalue weighted by molar-refractivity contribution is 0.749. The van der Waals surface area contributed by atoms with Crippen LogP contribution < -0.4 is 5.56 Å². The Morgan fingerprint density at radius 3 is 3.00 bits per heavy atom. The molecule has 0 N–H and O–H groups in total. The smallest absolute Gasteiger partial charge is 0.276 e. The maximum absolute atomic E-state index is 12.3. The lowest BCUT2D eigenvalue weighted by Crippen LogP contribution is -2.21. The fourth-order valence-electron chi connectivity index (χ4n) is 1.87. The van der Waals surface area contributed by atoms with Crippen molar-refractivity contribution in [2.24, 2.45) is 0 Å². The van der Waals surface area contributed by atoms with Crippen molar-refractivity contribution in [3.8, 4) is 0 Å². The number of aromatic nitrogens is 3. The van der Waals surface area contributed by atoms with E-state index in [1.54, 1.807) is 26.6 Å². The first-order chi connectivity index (χ1) is 8.65. The molecule has 3 aromatic rings. The van der Waals surface area contributed by atoms with E-state index in [4.69, 9.17) is 0 Å². The van der Waals surface area contributed by atoms with Gasteiger partial charge in [0, 0.05) is 21.7 Å². The number of rotatable bonds is 2. The molecule has 0 bridgehead atoms. The van der Waals surface area contributed by atoms with Gasteiger partial charge in [0.05, 0.1) is 12.2 Å². The number of fused-ring (bicyclic) bond motifs is 1. The number of thiophene rings is 1. The van der Waals surface area contributed by atoms with E-state index in [0.717, 1.165) is 15.0 Å². The minimum Gasteiger partial charge on any atom is -0.307 e. The second-order valence-corrected chi connectivity index (χ2v) is 5.89.